The van der Waals surface area contributed by atoms with Crippen molar-refractivity contribution in [2.45, 2.75) is 51.2 Å². The average molecular weight is 422 g/mol. The quantitative estimate of drug-likeness (QED) is 0.342. The zero-order valence-electron chi connectivity index (χ0n) is 18.1. The predicted molar refractivity (Wildman–Crippen MR) is 123 cm³/mol. The lowest BCUT2D eigenvalue weighted by Crippen LogP contribution is -2.41. The van der Waals surface area contributed by atoms with Crippen molar-refractivity contribution in [3.63, 3.8) is 0 Å². The second-order valence-corrected chi connectivity index (χ2v) is 9.40. The summed E-state index contributed by atoms with van der Waals surface area (Å²) in [6.45, 7) is 9.12. The summed E-state index contributed by atoms with van der Waals surface area (Å²) in [6.07, 6.45) is 5.35. The SMILES string of the molecule is CCNC(=NCC1CCCN(C)C1c1cccs1)NCCCN1CCC(O)CC1. The highest BCUT2D eigenvalue weighted by molar-refractivity contribution is 7.10. The molecule has 29 heavy (non-hydrogen) atoms. The van der Waals surface area contributed by atoms with E-state index in [0.717, 1.165) is 64.5 Å². The van der Waals surface area contributed by atoms with Gasteiger partial charge >= 0.3 is 0 Å². The molecule has 3 heterocycles. The van der Waals surface area contributed by atoms with Crippen LogP contribution >= 0.6 is 11.3 Å². The number of likely N-dealkylation sites (tertiary alicyclic amines) is 2. The molecule has 2 fully saturated rings. The first kappa shape index (κ1) is 22.5. The van der Waals surface area contributed by atoms with Crippen molar-refractivity contribution in [3.8, 4) is 0 Å². The van der Waals surface area contributed by atoms with Gasteiger partial charge in [-0.15, -0.1) is 11.3 Å². The average Bonchev–Trinajstić information content (AvgIpc) is 3.25. The molecule has 1 aromatic rings. The Hall–Kier alpha value is -1.15. The molecule has 0 aromatic carbocycles. The van der Waals surface area contributed by atoms with Crippen molar-refractivity contribution in [1.82, 2.24) is 20.4 Å². The predicted octanol–water partition coefficient (Wildman–Crippen LogP) is 2.53. The summed E-state index contributed by atoms with van der Waals surface area (Å²) in [6, 6.07) is 4.93. The van der Waals surface area contributed by atoms with Crippen LogP contribution in [0.25, 0.3) is 0 Å². The molecule has 3 N–H and O–H groups in total. The van der Waals surface area contributed by atoms with E-state index in [1.165, 1.54) is 24.3 Å². The number of aliphatic hydroxyl groups is 1. The minimum atomic E-state index is -0.0892. The molecule has 0 saturated carbocycles. The van der Waals surface area contributed by atoms with E-state index >= 15 is 0 Å². The molecule has 164 valence electrons. The van der Waals surface area contributed by atoms with Crippen LogP contribution in [0.15, 0.2) is 22.5 Å². The fourth-order valence-corrected chi connectivity index (χ4v) is 5.55. The van der Waals surface area contributed by atoms with Gasteiger partial charge in [0.15, 0.2) is 5.96 Å². The molecule has 0 bridgehead atoms. The van der Waals surface area contributed by atoms with Gasteiger partial charge in [-0.25, -0.2) is 0 Å². The first-order chi connectivity index (χ1) is 14.2. The highest BCUT2D eigenvalue weighted by Gasteiger charge is 2.31. The van der Waals surface area contributed by atoms with E-state index in [-0.39, 0.29) is 6.10 Å². The zero-order chi connectivity index (χ0) is 20.5. The number of thiophene rings is 1. The molecule has 0 spiro atoms. The van der Waals surface area contributed by atoms with Crippen LogP contribution in [0.2, 0.25) is 0 Å². The van der Waals surface area contributed by atoms with Gasteiger partial charge in [0.25, 0.3) is 0 Å². The smallest absolute Gasteiger partial charge is 0.191 e. The van der Waals surface area contributed by atoms with Gasteiger partial charge in [0.1, 0.15) is 0 Å². The van der Waals surface area contributed by atoms with Crippen molar-refractivity contribution in [1.29, 1.82) is 0 Å². The molecule has 1 aromatic heterocycles. The fourth-order valence-electron chi connectivity index (χ4n) is 4.56. The number of nitrogens with zero attached hydrogens (tertiary/aromatic N) is 3. The van der Waals surface area contributed by atoms with Crippen LogP contribution in [0.5, 0.6) is 0 Å². The topological polar surface area (TPSA) is 63.1 Å². The second-order valence-electron chi connectivity index (χ2n) is 8.42. The summed E-state index contributed by atoms with van der Waals surface area (Å²) in [5.41, 5.74) is 0. The van der Waals surface area contributed by atoms with E-state index in [2.05, 4.69) is 51.9 Å². The van der Waals surface area contributed by atoms with Crippen molar-refractivity contribution in [3.05, 3.63) is 22.4 Å². The standard InChI is InChI=1S/C22H39N5OS/c1-3-23-22(24-11-6-13-27-14-9-19(28)10-15-27)25-17-18-7-4-12-26(2)21(18)20-8-5-16-29-20/h5,8,16,18-19,21,28H,3-4,6-7,9-15,17H2,1-2H3,(H2,23,24,25). The van der Waals surface area contributed by atoms with E-state index in [0.29, 0.717) is 12.0 Å². The van der Waals surface area contributed by atoms with Crippen molar-refractivity contribution in [2.75, 3.05) is 52.9 Å². The molecule has 2 saturated heterocycles. The van der Waals surface area contributed by atoms with Crippen LogP contribution in [0.4, 0.5) is 0 Å². The lowest BCUT2D eigenvalue weighted by Gasteiger charge is -2.38. The van der Waals surface area contributed by atoms with Gasteiger partial charge in [-0.05, 0) is 76.5 Å². The van der Waals surface area contributed by atoms with Gasteiger partial charge in [-0.1, -0.05) is 6.07 Å². The Kier molecular flexibility index (Phi) is 9.24. The Morgan fingerprint density at radius 1 is 1.24 bits per heavy atom. The molecule has 2 aliphatic heterocycles. The number of hydrogen-bond donors (Lipinski definition) is 3. The summed E-state index contributed by atoms with van der Waals surface area (Å²) in [5.74, 6) is 1.52. The summed E-state index contributed by atoms with van der Waals surface area (Å²) in [7, 11) is 2.25. The van der Waals surface area contributed by atoms with Crippen LogP contribution in [0.1, 0.15) is 49.9 Å². The molecule has 0 radical (unpaired) electrons. The molecule has 2 atom stereocenters. The Balaban J connectivity index is 1.47. The van der Waals surface area contributed by atoms with Crippen LogP contribution in [0.3, 0.4) is 0 Å². The molecule has 0 aliphatic carbocycles. The normalized spacial score (nSPS) is 25.3. The highest BCUT2D eigenvalue weighted by Crippen LogP contribution is 2.37. The minimum absolute atomic E-state index is 0.0892. The second kappa shape index (κ2) is 11.9. The molecule has 2 aliphatic rings. The number of hydrogen-bond acceptors (Lipinski definition) is 5. The van der Waals surface area contributed by atoms with E-state index in [1.807, 2.05) is 11.3 Å². The van der Waals surface area contributed by atoms with E-state index in [1.54, 1.807) is 0 Å². The van der Waals surface area contributed by atoms with Gasteiger partial charge in [-0.3, -0.25) is 9.89 Å². The van der Waals surface area contributed by atoms with Crippen LogP contribution < -0.4 is 10.6 Å². The van der Waals surface area contributed by atoms with Gasteiger partial charge in [0.05, 0.1) is 6.10 Å². The highest BCUT2D eigenvalue weighted by atomic mass is 32.1. The summed E-state index contributed by atoms with van der Waals surface area (Å²) < 4.78 is 0. The lowest BCUT2D eigenvalue weighted by atomic mass is 9.88. The molecular weight excluding hydrogens is 382 g/mol. The Labute approximate surface area is 180 Å². The Morgan fingerprint density at radius 3 is 2.79 bits per heavy atom. The minimum Gasteiger partial charge on any atom is -0.393 e. The maximum atomic E-state index is 9.63. The molecule has 7 heteroatoms. The fraction of sp³-hybridized carbons (Fsp3) is 0.773. The lowest BCUT2D eigenvalue weighted by molar-refractivity contribution is 0.0823. The maximum absolute atomic E-state index is 9.63. The number of piperidine rings is 2. The third-order valence-corrected chi connectivity index (χ3v) is 7.11. The summed E-state index contributed by atoms with van der Waals surface area (Å²) in [4.78, 5) is 11.4. The van der Waals surface area contributed by atoms with Gasteiger partial charge < -0.3 is 20.6 Å². The monoisotopic (exact) mass is 421 g/mol. The van der Waals surface area contributed by atoms with Gasteiger partial charge in [0.2, 0.25) is 0 Å². The van der Waals surface area contributed by atoms with E-state index < -0.39 is 0 Å². The number of nitrogens with one attached hydrogen (secondary N) is 2. The largest absolute Gasteiger partial charge is 0.393 e. The third-order valence-electron chi connectivity index (χ3n) is 6.17. The number of guanidine groups is 1. The number of rotatable bonds is 8. The Morgan fingerprint density at radius 2 is 2.07 bits per heavy atom. The van der Waals surface area contributed by atoms with Crippen LogP contribution in [-0.2, 0) is 0 Å². The van der Waals surface area contributed by atoms with Gasteiger partial charge in [-0.2, -0.15) is 0 Å². The molecule has 0 amide bonds. The number of aliphatic hydroxyl groups excluding tert-OH is 1. The first-order valence-electron chi connectivity index (χ1n) is 11.3. The van der Waals surface area contributed by atoms with Crippen molar-refractivity contribution in [2.24, 2.45) is 10.9 Å². The molecule has 6 nitrogen and oxygen atoms in total. The summed E-state index contributed by atoms with van der Waals surface area (Å²) in [5, 5.41) is 18.7. The Bertz CT molecular complexity index is 600. The molecular formula is C22H39N5OS. The zero-order valence-corrected chi connectivity index (χ0v) is 19.0. The third kappa shape index (κ3) is 6.95. The molecule has 2 unspecified atom stereocenters. The van der Waals surface area contributed by atoms with Crippen LogP contribution in [-0.4, -0.2) is 79.8 Å². The van der Waals surface area contributed by atoms with Crippen LogP contribution in [0, 0.1) is 5.92 Å². The van der Waals surface area contributed by atoms with Crippen molar-refractivity contribution >= 4 is 17.3 Å². The maximum Gasteiger partial charge on any atom is 0.191 e. The van der Waals surface area contributed by atoms with Gasteiger partial charge in [0, 0.05) is 43.6 Å². The first-order valence-corrected chi connectivity index (χ1v) is 12.2. The van der Waals surface area contributed by atoms with E-state index in [9.17, 15) is 5.11 Å². The molecule has 3 rings (SSSR count). The van der Waals surface area contributed by atoms with Crippen molar-refractivity contribution < 1.29 is 5.11 Å². The van der Waals surface area contributed by atoms with E-state index in [4.69, 9.17) is 4.99 Å². The number of aliphatic imine (C=N–C) groups is 1. The summed E-state index contributed by atoms with van der Waals surface area (Å²) >= 11 is 1.87.